The lowest BCUT2D eigenvalue weighted by atomic mass is 10.2. The zero-order chi connectivity index (χ0) is 40.7. The Kier molecular flexibility index (Phi) is 14.4. The summed E-state index contributed by atoms with van der Waals surface area (Å²) >= 11 is 2.90. The van der Waals surface area contributed by atoms with Gasteiger partial charge < -0.3 is 37.9 Å². The smallest absolute Gasteiger partial charge is 0.203 e. The molecule has 300 valence electrons. The van der Waals surface area contributed by atoms with Gasteiger partial charge in [0.05, 0.1) is 66.5 Å². The van der Waals surface area contributed by atoms with Gasteiger partial charge in [-0.3, -0.25) is 10.9 Å². The average Bonchev–Trinajstić information content (AvgIpc) is 3.95. The van der Waals surface area contributed by atoms with E-state index in [1.807, 2.05) is 95.7 Å². The minimum Gasteiger partial charge on any atom is -0.497 e. The molecule has 2 aromatic heterocycles. The third-order valence-corrected chi connectivity index (χ3v) is 9.80. The van der Waals surface area contributed by atoms with Crippen LogP contribution in [0.4, 0.5) is 10.3 Å². The fourth-order valence-electron chi connectivity index (χ4n) is 5.40. The van der Waals surface area contributed by atoms with Gasteiger partial charge in [0.2, 0.25) is 21.8 Å². The first-order valence-corrected chi connectivity index (χ1v) is 19.4. The first-order chi connectivity index (χ1) is 28.4. The molecule has 0 bridgehead atoms. The summed E-state index contributed by atoms with van der Waals surface area (Å²) in [6, 6.07) is 22.7. The van der Waals surface area contributed by atoms with E-state index in [0.717, 1.165) is 45.1 Å². The number of thiazole rings is 2. The molecule has 0 amide bonds. The highest BCUT2D eigenvalue weighted by atomic mass is 32.1. The lowest BCUT2D eigenvalue weighted by Crippen LogP contribution is -2.03. The maximum atomic E-state index is 6.05. The number of ether oxygens (including phenoxy) is 8. The van der Waals surface area contributed by atoms with Crippen LogP contribution in [0.5, 0.6) is 46.0 Å². The van der Waals surface area contributed by atoms with Gasteiger partial charge in [-0.05, 0) is 84.9 Å². The first kappa shape index (κ1) is 40.9. The van der Waals surface area contributed by atoms with Crippen molar-refractivity contribution >= 4 is 45.4 Å². The van der Waals surface area contributed by atoms with Crippen molar-refractivity contribution in [1.29, 1.82) is 0 Å². The predicted molar refractivity (Wildman–Crippen MR) is 230 cm³/mol. The van der Waals surface area contributed by atoms with Crippen molar-refractivity contribution in [2.45, 2.75) is 0 Å². The number of hydrogen-bond acceptors (Lipinski definition) is 16. The van der Waals surface area contributed by atoms with Crippen LogP contribution in [0.2, 0.25) is 0 Å². The van der Waals surface area contributed by atoms with Crippen molar-refractivity contribution in [2.75, 3.05) is 66.7 Å². The highest BCUT2D eigenvalue weighted by molar-refractivity contribution is 7.14. The molecule has 2 N–H and O–H groups in total. The van der Waals surface area contributed by atoms with E-state index in [1.54, 1.807) is 55.1 Å². The molecule has 0 unspecified atom stereocenters. The number of benzene rings is 4. The zero-order valence-electron chi connectivity index (χ0n) is 32.7. The van der Waals surface area contributed by atoms with E-state index in [0.29, 0.717) is 44.8 Å². The molecule has 16 heteroatoms. The molecule has 0 aliphatic rings. The van der Waals surface area contributed by atoms with Gasteiger partial charge in [0.1, 0.15) is 24.7 Å². The van der Waals surface area contributed by atoms with Crippen molar-refractivity contribution in [3.05, 3.63) is 107 Å². The van der Waals surface area contributed by atoms with E-state index in [-0.39, 0.29) is 13.2 Å². The molecule has 14 nitrogen and oxygen atoms in total. The van der Waals surface area contributed by atoms with E-state index in [1.165, 1.54) is 22.7 Å². The molecule has 0 fully saturated rings. The number of aromatic nitrogens is 2. The second-order valence-corrected chi connectivity index (χ2v) is 13.6. The van der Waals surface area contributed by atoms with Crippen LogP contribution in [-0.4, -0.2) is 78.3 Å². The quantitative estimate of drug-likeness (QED) is 0.0430. The highest BCUT2D eigenvalue weighted by Gasteiger charge is 2.15. The summed E-state index contributed by atoms with van der Waals surface area (Å²) in [4.78, 5) is 9.23. The van der Waals surface area contributed by atoms with Crippen LogP contribution in [0.3, 0.4) is 0 Å². The Morgan fingerprint density at radius 2 is 0.879 bits per heavy atom. The van der Waals surface area contributed by atoms with Crippen molar-refractivity contribution in [1.82, 2.24) is 9.97 Å². The second kappa shape index (κ2) is 20.4. The number of nitrogens with one attached hydrogen (secondary N) is 2. The number of methoxy groups -OCH3 is 6. The number of rotatable bonds is 20. The third-order valence-electron chi connectivity index (χ3n) is 8.31. The van der Waals surface area contributed by atoms with Crippen molar-refractivity contribution < 1.29 is 37.9 Å². The minimum atomic E-state index is 0.225. The van der Waals surface area contributed by atoms with Gasteiger partial charge in [0, 0.05) is 33.0 Å². The van der Waals surface area contributed by atoms with Gasteiger partial charge in [-0.2, -0.15) is 10.2 Å². The molecule has 0 aliphatic heterocycles. The molecular formula is C42H42N6O8S2. The Labute approximate surface area is 344 Å². The fraction of sp³-hybridized carbons (Fsp3) is 0.190. The molecule has 0 spiro atoms. The highest BCUT2D eigenvalue weighted by Crippen LogP contribution is 2.40. The third kappa shape index (κ3) is 10.5. The Morgan fingerprint density at radius 1 is 0.517 bits per heavy atom. The molecule has 0 radical (unpaired) electrons. The summed E-state index contributed by atoms with van der Waals surface area (Å²) in [7, 11) is 9.54. The Hall–Kier alpha value is -6.78. The molecule has 0 aliphatic carbocycles. The van der Waals surface area contributed by atoms with Crippen LogP contribution in [0.25, 0.3) is 22.5 Å². The largest absolute Gasteiger partial charge is 0.497 e. The van der Waals surface area contributed by atoms with Crippen LogP contribution in [0.1, 0.15) is 11.1 Å². The number of anilines is 2. The summed E-state index contributed by atoms with van der Waals surface area (Å²) in [5, 5.41) is 13.9. The van der Waals surface area contributed by atoms with Crippen LogP contribution < -0.4 is 48.7 Å². The maximum absolute atomic E-state index is 6.05. The number of hydrazone groups is 2. The molecule has 6 rings (SSSR count). The summed E-state index contributed by atoms with van der Waals surface area (Å²) < 4.78 is 45.1. The molecule has 0 saturated carbocycles. The fourth-order valence-corrected chi connectivity index (χ4v) is 6.73. The Bertz CT molecular complexity index is 2130. The minimum absolute atomic E-state index is 0.225. The van der Waals surface area contributed by atoms with Gasteiger partial charge in [0.25, 0.3) is 0 Å². The second-order valence-electron chi connectivity index (χ2n) is 11.9. The van der Waals surface area contributed by atoms with Gasteiger partial charge in [-0.25, -0.2) is 9.97 Å². The number of nitrogens with zero attached hydrogens (tertiary/aromatic N) is 4. The molecule has 2 heterocycles. The molecule has 4 aromatic carbocycles. The zero-order valence-corrected chi connectivity index (χ0v) is 34.3. The monoisotopic (exact) mass is 822 g/mol. The van der Waals surface area contributed by atoms with Crippen LogP contribution in [0, 0.1) is 0 Å². The Balaban J connectivity index is 1.01. The van der Waals surface area contributed by atoms with E-state index in [4.69, 9.17) is 37.9 Å². The van der Waals surface area contributed by atoms with E-state index >= 15 is 0 Å². The molecule has 0 atom stereocenters. The number of hydrogen-bond donors (Lipinski definition) is 2. The van der Waals surface area contributed by atoms with Crippen molar-refractivity contribution in [3.63, 3.8) is 0 Å². The lowest BCUT2D eigenvalue weighted by molar-refractivity contribution is 0.294. The van der Waals surface area contributed by atoms with Gasteiger partial charge >= 0.3 is 0 Å². The lowest BCUT2D eigenvalue weighted by Gasteiger charge is -2.15. The summed E-state index contributed by atoms with van der Waals surface area (Å²) in [6.45, 7) is 0.450. The van der Waals surface area contributed by atoms with Gasteiger partial charge in [0.15, 0.2) is 23.0 Å². The van der Waals surface area contributed by atoms with E-state index in [2.05, 4.69) is 31.0 Å². The average molecular weight is 823 g/mol. The maximum Gasteiger partial charge on any atom is 0.203 e. The normalized spacial score (nSPS) is 11.2. The standard InChI is InChI=1S/C42H42N6O8S2/c1-49-31-13-9-29(10-14-31)33-25-57-41(45-33)47-43-23-27-19-35(51-3)39(36(20-27)52-4)55-17-7-8-18-56-40-37(53-5)21-28(22-38(40)54-6)24-44-48-42-46-34(26-58-42)30-11-15-32(50-2)16-12-30/h7-16,19-26H,17-18H2,1-6H3,(H,45,47)(H,46,48)/b8-7+,43-23+,44-24+. The van der Waals surface area contributed by atoms with Crippen LogP contribution >= 0.6 is 22.7 Å². The van der Waals surface area contributed by atoms with Crippen molar-refractivity contribution in [3.8, 4) is 68.5 Å². The SMILES string of the molecule is COc1ccc(-c2csc(N/N=C/c3cc(OC)c(OC/C=C/COc4c(OC)cc(/C=N/Nc5nc(-c6ccc(OC)cc6)cs5)cc4OC)c(OC)c3)n2)cc1. The van der Waals surface area contributed by atoms with Gasteiger partial charge in [-0.15, -0.1) is 22.7 Å². The first-order valence-electron chi connectivity index (χ1n) is 17.7. The van der Waals surface area contributed by atoms with Gasteiger partial charge in [-0.1, -0.05) is 0 Å². The van der Waals surface area contributed by atoms with E-state index in [9.17, 15) is 0 Å². The van der Waals surface area contributed by atoms with Crippen molar-refractivity contribution in [2.24, 2.45) is 10.2 Å². The summed E-state index contributed by atoms with van der Waals surface area (Å²) in [6.07, 6.45) is 6.97. The summed E-state index contributed by atoms with van der Waals surface area (Å²) in [5.74, 6) is 4.43. The van der Waals surface area contributed by atoms with E-state index < -0.39 is 0 Å². The van der Waals surface area contributed by atoms with Crippen LogP contribution in [-0.2, 0) is 0 Å². The molecule has 6 aromatic rings. The topological polar surface area (TPSA) is 148 Å². The van der Waals surface area contributed by atoms with Crippen LogP contribution in [0.15, 0.2) is 106 Å². The molecular weight excluding hydrogens is 781 g/mol. The predicted octanol–water partition coefficient (Wildman–Crippen LogP) is 8.89. The Morgan fingerprint density at radius 3 is 1.21 bits per heavy atom. The summed E-state index contributed by atoms with van der Waals surface area (Å²) in [5.41, 5.74) is 11.1. The molecule has 58 heavy (non-hydrogen) atoms. The molecule has 0 saturated heterocycles.